The standard InChI is InChI=1S/C23H22N2O3S/c1-14-17-12-16(27-2)9-10-19(17)28-21(14)23(26)25-11-5-6-15(13-25)22-24-18-7-3-4-8-20(18)29-22/h3-4,7-10,12,15H,5-6,11,13H2,1-2H3. The Morgan fingerprint density at radius 1 is 1.28 bits per heavy atom. The molecule has 0 bridgehead atoms. The number of hydrogen-bond donors (Lipinski definition) is 0. The van der Waals surface area contributed by atoms with Gasteiger partial charge in [0.2, 0.25) is 0 Å². The molecule has 6 heteroatoms. The number of aryl methyl sites for hydroxylation is 1. The molecule has 1 aliphatic heterocycles. The van der Waals surface area contributed by atoms with Crippen LogP contribution in [0.3, 0.4) is 0 Å². The van der Waals surface area contributed by atoms with Crippen LogP contribution >= 0.6 is 11.3 Å². The SMILES string of the molecule is COc1ccc2oc(C(=O)N3CCCC(c4nc5ccccc5s4)C3)c(C)c2c1. The third-order valence-corrected chi connectivity index (χ3v) is 6.90. The number of nitrogens with zero attached hydrogens (tertiary/aromatic N) is 2. The fourth-order valence-electron chi connectivity index (χ4n) is 4.10. The van der Waals surface area contributed by atoms with Crippen LogP contribution in [-0.2, 0) is 0 Å². The highest BCUT2D eigenvalue weighted by molar-refractivity contribution is 7.18. The van der Waals surface area contributed by atoms with Crippen LogP contribution in [-0.4, -0.2) is 36.0 Å². The number of hydrogen-bond acceptors (Lipinski definition) is 5. The van der Waals surface area contributed by atoms with Crippen molar-refractivity contribution in [1.82, 2.24) is 9.88 Å². The van der Waals surface area contributed by atoms with E-state index in [4.69, 9.17) is 14.1 Å². The van der Waals surface area contributed by atoms with Gasteiger partial charge in [-0.25, -0.2) is 4.98 Å². The maximum absolute atomic E-state index is 13.3. The second kappa shape index (κ2) is 7.19. The van der Waals surface area contributed by atoms with Gasteiger partial charge in [0, 0.05) is 30.0 Å². The minimum absolute atomic E-state index is 0.0384. The highest BCUT2D eigenvalue weighted by atomic mass is 32.1. The van der Waals surface area contributed by atoms with E-state index in [-0.39, 0.29) is 11.8 Å². The fraction of sp³-hybridized carbons (Fsp3) is 0.304. The summed E-state index contributed by atoms with van der Waals surface area (Å²) >= 11 is 1.74. The van der Waals surface area contributed by atoms with Gasteiger partial charge in [-0.2, -0.15) is 0 Å². The van der Waals surface area contributed by atoms with Crippen molar-refractivity contribution in [3.8, 4) is 5.75 Å². The third kappa shape index (κ3) is 3.17. The number of para-hydroxylation sites is 1. The largest absolute Gasteiger partial charge is 0.497 e. The lowest BCUT2D eigenvalue weighted by atomic mass is 9.98. The van der Waals surface area contributed by atoms with Gasteiger partial charge in [-0.15, -0.1) is 11.3 Å². The molecule has 1 aliphatic rings. The van der Waals surface area contributed by atoms with Crippen molar-refractivity contribution in [2.75, 3.05) is 20.2 Å². The van der Waals surface area contributed by atoms with Crippen molar-refractivity contribution in [3.05, 3.63) is 58.8 Å². The van der Waals surface area contributed by atoms with Gasteiger partial charge in [0.15, 0.2) is 5.76 Å². The first-order valence-electron chi connectivity index (χ1n) is 9.86. The zero-order chi connectivity index (χ0) is 20.0. The van der Waals surface area contributed by atoms with Crippen molar-refractivity contribution in [3.63, 3.8) is 0 Å². The van der Waals surface area contributed by atoms with Gasteiger partial charge in [-0.05, 0) is 50.1 Å². The molecule has 1 saturated heterocycles. The first-order valence-corrected chi connectivity index (χ1v) is 10.7. The molecule has 1 amide bonds. The maximum atomic E-state index is 13.3. The Morgan fingerprint density at radius 2 is 2.14 bits per heavy atom. The number of benzene rings is 2. The summed E-state index contributed by atoms with van der Waals surface area (Å²) in [5.41, 5.74) is 2.62. The zero-order valence-electron chi connectivity index (χ0n) is 16.5. The third-order valence-electron chi connectivity index (χ3n) is 5.71. The van der Waals surface area contributed by atoms with E-state index in [1.54, 1.807) is 18.4 Å². The van der Waals surface area contributed by atoms with Crippen LogP contribution in [0, 0.1) is 6.92 Å². The van der Waals surface area contributed by atoms with Gasteiger partial charge in [-0.1, -0.05) is 12.1 Å². The van der Waals surface area contributed by atoms with Crippen LogP contribution in [0.5, 0.6) is 5.75 Å². The summed E-state index contributed by atoms with van der Waals surface area (Å²) in [4.78, 5) is 20.0. The van der Waals surface area contributed by atoms with Gasteiger partial charge in [0.25, 0.3) is 5.91 Å². The minimum Gasteiger partial charge on any atom is -0.497 e. The molecule has 1 unspecified atom stereocenters. The molecule has 5 rings (SSSR count). The van der Waals surface area contributed by atoms with E-state index in [9.17, 15) is 4.79 Å². The summed E-state index contributed by atoms with van der Waals surface area (Å²) in [5, 5.41) is 2.04. The first-order chi connectivity index (χ1) is 14.1. The monoisotopic (exact) mass is 406 g/mol. The number of carbonyl (C=O) groups is 1. The fourth-order valence-corrected chi connectivity index (χ4v) is 5.20. The number of methoxy groups -OCH3 is 1. The number of ether oxygens (including phenoxy) is 1. The van der Waals surface area contributed by atoms with Crippen LogP contribution in [0.4, 0.5) is 0 Å². The summed E-state index contributed by atoms with van der Waals surface area (Å²) in [6, 6.07) is 13.8. The van der Waals surface area contributed by atoms with Crippen LogP contribution in [0.15, 0.2) is 46.9 Å². The van der Waals surface area contributed by atoms with Gasteiger partial charge in [0.1, 0.15) is 11.3 Å². The van der Waals surface area contributed by atoms with E-state index >= 15 is 0 Å². The van der Waals surface area contributed by atoms with Crippen molar-refractivity contribution in [2.24, 2.45) is 0 Å². The second-order valence-corrected chi connectivity index (χ2v) is 8.59. The van der Waals surface area contributed by atoms with E-state index in [1.807, 2.05) is 48.2 Å². The summed E-state index contributed by atoms with van der Waals surface area (Å²) in [6.45, 7) is 3.37. The van der Waals surface area contributed by atoms with Gasteiger partial charge < -0.3 is 14.1 Å². The number of piperidine rings is 1. The molecule has 5 nitrogen and oxygen atoms in total. The smallest absolute Gasteiger partial charge is 0.289 e. The van der Waals surface area contributed by atoms with E-state index in [0.29, 0.717) is 17.9 Å². The Balaban J connectivity index is 1.42. The number of rotatable bonds is 3. The lowest BCUT2D eigenvalue weighted by Gasteiger charge is -2.31. The normalized spacial score (nSPS) is 17.2. The molecule has 3 heterocycles. The number of amides is 1. The average Bonchev–Trinajstić information content (AvgIpc) is 3.34. The molecule has 0 N–H and O–H groups in total. The van der Waals surface area contributed by atoms with E-state index in [2.05, 4.69) is 6.07 Å². The molecule has 4 aromatic rings. The summed E-state index contributed by atoms with van der Waals surface area (Å²) in [6.07, 6.45) is 2.03. The molecule has 0 saturated carbocycles. The molecule has 29 heavy (non-hydrogen) atoms. The number of likely N-dealkylation sites (tertiary alicyclic amines) is 1. The molecule has 1 fully saturated rings. The average molecular weight is 407 g/mol. The molecule has 2 aromatic heterocycles. The number of furan rings is 1. The molecule has 0 spiro atoms. The molecule has 1 atom stereocenters. The van der Waals surface area contributed by atoms with Crippen LogP contribution in [0.1, 0.15) is 39.9 Å². The quantitative estimate of drug-likeness (QED) is 0.458. The highest BCUT2D eigenvalue weighted by Crippen LogP contribution is 2.35. The second-order valence-electron chi connectivity index (χ2n) is 7.53. The summed E-state index contributed by atoms with van der Waals surface area (Å²) < 4.78 is 12.5. The predicted molar refractivity (Wildman–Crippen MR) is 115 cm³/mol. The Morgan fingerprint density at radius 3 is 2.97 bits per heavy atom. The molecular formula is C23H22N2O3S. The molecular weight excluding hydrogens is 384 g/mol. The van der Waals surface area contributed by atoms with Gasteiger partial charge in [0.05, 0.1) is 22.3 Å². The number of fused-ring (bicyclic) bond motifs is 2. The molecule has 148 valence electrons. The highest BCUT2D eigenvalue weighted by Gasteiger charge is 2.30. The van der Waals surface area contributed by atoms with Crippen molar-refractivity contribution in [2.45, 2.75) is 25.7 Å². The Labute approximate surface area is 172 Å². The van der Waals surface area contributed by atoms with Crippen LogP contribution < -0.4 is 4.74 Å². The van der Waals surface area contributed by atoms with Crippen LogP contribution in [0.2, 0.25) is 0 Å². The topological polar surface area (TPSA) is 55.6 Å². The number of thiazole rings is 1. The van der Waals surface area contributed by atoms with Crippen molar-refractivity contribution in [1.29, 1.82) is 0 Å². The van der Waals surface area contributed by atoms with Gasteiger partial charge in [-0.3, -0.25) is 4.79 Å². The Hall–Kier alpha value is -2.86. The zero-order valence-corrected chi connectivity index (χ0v) is 17.3. The Bertz CT molecular complexity index is 1180. The van der Waals surface area contributed by atoms with Gasteiger partial charge >= 0.3 is 0 Å². The molecule has 0 radical (unpaired) electrons. The maximum Gasteiger partial charge on any atom is 0.289 e. The van der Waals surface area contributed by atoms with Crippen LogP contribution in [0.25, 0.3) is 21.2 Å². The van der Waals surface area contributed by atoms with E-state index in [0.717, 1.165) is 46.6 Å². The lowest BCUT2D eigenvalue weighted by molar-refractivity contribution is 0.0676. The first kappa shape index (κ1) is 18.2. The predicted octanol–water partition coefficient (Wildman–Crippen LogP) is 5.38. The number of aromatic nitrogens is 1. The molecule has 0 aliphatic carbocycles. The van der Waals surface area contributed by atoms with Crippen molar-refractivity contribution >= 4 is 38.4 Å². The lowest BCUT2D eigenvalue weighted by Crippen LogP contribution is -2.39. The number of carbonyl (C=O) groups excluding carboxylic acids is 1. The summed E-state index contributed by atoms with van der Waals surface area (Å²) in [7, 11) is 1.64. The summed E-state index contributed by atoms with van der Waals surface area (Å²) in [5.74, 6) is 1.42. The minimum atomic E-state index is -0.0384. The van der Waals surface area contributed by atoms with Crippen molar-refractivity contribution < 1.29 is 13.9 Å². The van der Waals surface area contributed by atoms with E-state index in [1.165, 1.54) is 4.70 Å². The Kier molecular flexibility index (Phi) is 4.51. The van der Waals surface area contributed by atoms with E-state index < -0.39 is 0 Å². The molecule has 2 aromatic carbocycles.